The molecule has 5 aromatic carbocycles. The molecule has 0 aromatic heterocycles. The summed E-state index contributed by atoms with van der Waals surface area (Å²) in [4.78, 5) is 30.3. The zero-order valence-corrected chi connectivity index (χ0v) is 29.8. The van der Waals surface area contributed by atoms with E-state index in [2.05, 4.69) is 5.32 Å². The highest BCUT2D eigenvalue weighted by atomic mass is 32.2. The quantitative estimate of drug-likeness (QED) is 0.116. The molecule has 1 N–H and O–H groups in total. The fourth-order valence-electron chi connectivity index (χ4n) is 5.52. The molecule has 10 heteroatoms. The first kappa shape index (κ1) is 36.7. The first-order valence-corrected chi connectivity index (χ1v) is 18.3. The zero-order chi connectivity index (χ0) is 36.2. The summed E-state index contributed by atoms with van der Waals surface area (Å²) in [5.74, 6) is 0.835. The summed E-state index contributed by atoms with van der Waals surface area (Å²) in [5.41, 5.74) is 1.84. The van der Waals surface area contributed by atoms with E-state index in [0.717, 1.165) is 15.4 Å². The van der Waals surface area contributed by atoms with Gasteiger partial charge in [-0.15, -0.1) is 0 Å². The Morgan fingerprint density at radius 2 is 1.29 bits per heavy atom. The molecule has 0 spiro atoms. The molecule has 0 saturated carbocycles. The third kappa shape index (κ3) is 9.76. The number of nitrogens with zero attached hydrogens (tertiary/aromatic N) is 2. The summed E-state index contributed by atoms with van der Waals surface area (Å²) in [7, 11) is -2.68. The molecule has 0 aliphatic rings. The van der Waals surface area contributed by atoms with Crippen molar-refractivity contribution in [2.75, 3.05) is 18.0 Å². The number of amides is 2. The normalized spacial score (nSPS) is 12.3. The molecule has 264 valence electrons. The predicted molar refractivity (Wildman–Crippen MR) is 199 cm³/mol. The number of benzene rings is 5. The van der Waals surface area contributed by atoms with E-state index in [9.17, 15) is 18.0 Å². The first-order valence-electron chi connectivity index (χ1n) is 16.9. The van der Waals surface area contributed by atoms with Crippen LogP contribution in [0.1, 0.15) is 31.4 Å². The Hall–Kier alpha value is -5.61. The molecule has 0 aliphatic carbocycles. The van der Waals surface area contributed by atoms with Gasteiger partial charge in [-0.3, -0.25) is 13.9 Å². The van der Waals surface area contributed by atoms with E-state index >= 15 is 0 Å². The van der Waals surface area contributed by atoms with Crippen LogP contribution < -0.4 is 19.1 Å². The lowest BCUT2D eigenvalue weighted by atomic mass is 10.0. The van der Waals surface area contributed by atoms with Gasteiger partial charge in [-0.1, -0.05) is 85.8 Å². The van der Waals surface area contributed by atoms with Crippen molar-refractivity contribution in [1.82, 2.24) is 10.2 Å². The number of sulfonamides is 1. The lowest BCUT2D eigenvalue weighted by Gasteiger charge is -2.34. The maximum Gasteiger partial charge on any atom is 0.264 e. The van der Waals surface area contributed by atoms with E-state index in [1.807, 2.05) is 86.6 Å². The monoisotopic (exact) mass is 705 g/mol. The SMILES string of the molecule is CC[C@@H](C)NC(=O)[C@@H](Cc1ccccc1)N(Cc1cccc(OC)c1)C(=O)CN(c1ccc(Oc2ccccc2)cc1)S(=O)(=O)c1ccccc1. The second kappa shape index (κ2) is 17.4. The van der Waals surface area contributed by atoms with Gasteiger partial charge < -0.3 is 19.7 Å². The number of methoxy groups -OCH3 is 1. The molecular weight excluding hydrogens is 663 g/mol. The fraction of sp³-hybridized carbons (Fsp3) is 0.220. The summed E-state index contributed by atoms with van der Waals surface area (Å²) < 4.78 is 41.1. The lowest BCUT2D eigenvalue weighted by Crippen LogP contribution is -2.54. The second-order valence-electron chi connectivity index (χ2n) is 12.1. The maximum atomic E-state index is 14.7. The van der Waals surface area contributed by atoms with Crippen molar-refractivity contribution in [3.05, 3.63) is 151 Å². The number of carbonyl (C=O) groups is 2. The van der Waals surface area contributed by atoms with Crippen LogP contribution in [0.2, 0.25) is 0 Å². The third-order valence-electron chi connectivity index (χ3n) is 8.47. The van der Waals surface area contributed by atoms with E-state index in [-0.39, 0.29) is 35.5 Å². The molecular formula is C41H43N3O6S. The third-order valence-corrected chi connectivity index (χ3v) is 10.3. The minimum atomic E-state index is -4.24. The van der Waals surface area contributed by atoms with Gasteiger partial charge in [-0.2, -0.15) is 0 Å². The zero-order valence-electron chi connectivity index (χ0n) is 29.0. The molecule has 0 radical (unpaired) electrons. The smallest absolute Gasteiger partial charge is 0.264 e. The number of hydrogen-bond acceptors (Lipinski definition) is 6. The highest BCUT2D eigenvalue weighted by Crippen LogP contribution is 2.29. The van der Waals surface area contributed by atoms with Gasteiger partial charge in [0.05, 0.1) is 17.7 Å². The Labute approximate surface area is 300 Å². The molecule has 0 unspecified atom stereocenters. The van der Waals surface area contributed by atoms with Gasteiger partial charge in [0.1, 0.15) is 29.8 Å². The van der Waals surface area contributed by atoms with Crippen LogP contribution in [-0.4, -0.2) is 50.9 Å². The molecule has 0 fully saturated rings. The number of nitrogens with one attached hydrogen (secondary N) is 1. The van der Waals surface area contributed by atoms with E-state index in [4.69, 9.17) is 9.47 Å². The maximum absolute atomic E-state index is 14.7. The van der Waals surface area contributed by atoms with Gasteiger partial charge >= 0.3 is 0 Å². The molecule has 0 aliphatic heterocycles. The molecule has 2 amide bonds. The van der Waals surface area contributed by atoms with Crippen LogP contribution in [0.15, 0.2) is 144 Å². The van der Waals surface area contributed by atoms with Gasteiger partial charge in [0, 0.05) is 19.0 Å². The summed E-state index contributed by atoms with van der Waals surface area (Å²) in [6.45, 7) is 3.34. The van der Waals surface area contributed by atoms with Gasteiger partial charge in [-0.05, 0) is 85.1 Å². The van der Waals surface area contributed by atoms with Gasteiger partial charge in [0.15, 0.2) is 0 Å². The van der Waals surface area contributed by atoms with Crippen LogP contribution in [0.5, 0.6) is 17.2 Å². The first-order chi connectivity index (χ1) is 24.7. The molecule has 51 heavy (non-hydrogen) atoms. The fourth-order valence-corrected chi connectivity index (χ4v) is 6.95. The standard InChI is InChI=1S/C41H43N3O6S/c1-4-31(2)42-41(46)39(28-32-15-8-5-9-16-32)43(29-33-17-14-20-37(27-33)49-3)40(45)30-44(51(47,48)38-21-12-7-13-22-38)34-23-25-36(26-24-34)50-35-18-10-6-11-19-35/h5-27,31,39H,4,28-30H2,1-3H3,(H,42,46)/t31-,39-/m1/s1. The highest BCUT2D eigenvalue weighted by Gasteiger charge is 2.35. The predicted octanol–water partition coefficient (Wildman–Crippen LogP) is 7.24. The Kier molecular flexibility index (Phi) is 12.5. The van der Waals surface area contributed by atoms with Crippen LogP contribution >= 0.6 is 0 Å². The van der Waals surface area contributed by atoms with Crippen LogP contribution in [0.3, 0.4) is 0 Å². The summed E-state index contributed by atoms with van der Waals surface area (Å²) >= 11 is 0. The number of hydrogen-bond donors (Lipinski definition) is 1. The van der Waals surface area contributed by atoms with Crippen LogP contribution in [-0.2, 0) is 32.6 Å². The summed E-state index contributed by atoms with van der Waals surface area (Å²) in [6, 6.07) is 39.4. The number of para-hydroxylation sites is 1. The van der Waals surface area contributed by atoms with Gasteiger partial charge in [0.25, 0.3) is 10.0 Å². The molecule has 0 bridgehead atoms. The Morgan fingerprint density at radius 1 is 0.725 bits per heavy atom. The molecule has 5 aromatic rings. The van der Waals surface area contributed by atoms with E-state index < -0.39 is 28.5 Å². The second-order valence-corrected chi connectivity index (χ2v) is 14.0. The highest BCUT2D eigenvalue weighted by molar-refractivity contribution is 7.92. The van der Waals surface area contributed by atoms with E-state index in [1.54, 1.807) is 61.7 Å². The summed E-state index contributed by atoms with van der Waals surface area (Å²) in [5, 5.41) is 3.06. The largest absolute Gasteiger partial charge is 0.497 e. The van der Waals surface area contributed by atoms with Crippen LogP contribution in [0.4, 0.5) is 5.69 Å². The van der Waals surface area contributed by atoms with Crippen molar-refractivity contribution in [1.29, 1.82) is 0 Å². The van der Waals surface area contributed by atoms with Crippen molar-refractivity contribution in [2.24, 2.45) is 0 Å². The molecule has 9 nitrogen and oxygen atoms in total. The minimum absolute atomic E-state index is 0.0251. The molecule has 2 atom stereocenters. The van der Waals surface area contributed by atoms with Crippen molar-refractivity contribution in [2.45, 2.75) is 50.2 Å². The van der Waals surface area contributed by atoms with Crippen molar-refractivity contribution in [3.63, 3.8) is 0 Å². The number of carbonyl (C=O) groups excluding carboxylic acids is 2. The van der Waals surface area contributed by atoms with Crippen molar-refractivity contribution < 1.29 is 27.5 Å². The average molecular weight is 706 g/mol. The van der Waals surface area contributed by atoms with Crippen molar-refractivity contribution in [3.8, 4) is 17.2 Å². The van der Waals surface area contributed by atoms with Gasteiger partial charge in [-0.25, -0.2) is 8.42 Å². The number of rotatable bonds is 16. The minimum Gasteiger partial charge on any atom is -0.497 e. The lowest BCUT2D eigenvalue weighted by molar-refractivity contribution is -0.140. The summed E-state index contributed by atoms with van der Waals surface area (Å²) in [6.07, 6.45) is 0.913. The molecule has 5 rings (SSSR count). The Balaban J connectivity index is 1.56. The topological polar surface area (TPSA) is 105 Å². The van der Waals surface area contributed by atoms with E-state index in [0.29, 0.717) is 23.7 Å². The van der Waals surface area contributed by atoms with Crippen LogP contribution in [0, 0.1) is 0 Å². The average Bonchev–Trinajstić information content (AvgIpc) is 3.16. The van der Waals surface area contributed by atoms with Gasteiger partial charge in [0.2, 0.25) is 11.8 Å². The molecule has 0 heterocycles. The number of anilines is 1. The Morgan fingerprint density at radius 3 is 1.92 bits per heavy atom. The van der Waals surface area contributed by atoms with Crippen molar-refractivity contribution >= 4 is 27.5 Å². The van der Waals surface area contributed by atoms with Crippen LogP contribution in [0.25, 0.3) is 0 Å². The van der Waals surface area contributed by atoms with E-state index in [1.165, 1.54) is 17.0 Å². The number of ether oxygens (including phenoxy) is 2. The molecule has 0 saturated heterocycles. The Bertz CT molecular complexity index is 1980.